The van der Waals surface area contributed by atoms with Gasteiger partial charge in [-0.3, -0.25) is 4.90 Å². The van der Waals surface area contributed by atoms with Gasteiger partial charge in [-0.25, -0.2) is 13.6 Å². The zero-order valence-corrected chi connectivity index (χ0v) is 9.94. The van der Waals surface area contributed by atoms with E-state index >= 15 is 0 Å². The van der Waals surface area contributed by atoms with Crippen molar-refractivity contribution in [2.24, 2.45) is 0 Å². The number of aliphatic hydroxyl groups excluding tert-OH is 1. The number of hydrogen-bond donors (Lipinski definition) is 1. The van der Waals surface area contributed by atoms with Crippen molar-refractivity contribution in [3.05, 3.63) is 23.7 Å². The van der Waals surface area contributed by atoms with Gasteiger partial charge in [0.05, 0.1) is 26.8 Å². The van der Waals surface area contributed by atoms with E-state index in [9.17, 15) is 13.6 Å². The maximum atomic E-state index is 12.3. The average Bonchev–Trinajstić information content (AvgIpc) is 2.76. The van der Waals surface area contributed by atoms with Gasteiger partial charge in [-0.05, 0) is 12.1 Å². The molecule has 1 aromatic rings. The van der Waals surface area contributed by atoms with Crippen molar-refractivity contribution >= 4 is 5.97 Å². The fourth-order valence-electron chi connectivity index (χ4n) is 1.47. The molecule has 1 N–H and O–H groups in total. The lowest BCUT2D eigenvalue weighted by Gasteiger charge is -2.19. The summed E-state index contributed by atoms with van der Waals surface area (Å²) in [5.74, 6) is -0.234. The van der Waals surface area contributed by atoms with Crippen LogP contribution in [0.25, 0.3) is 0 Å². The van der Waals surface area contributed by atoms with Gasteiger partial charge in [0, 0.05) is 6.54 Å². The smallest absolute Gasteiger partial charge is 0.373 e. The van der Waals surface area contributed by atoms with Gasteiger partial charge in [-0.15, -0.1) is 0 Å². The molecule has 0 bridgehead atoms. The van der Waals surface area contributed by atoms with Crippen molar-refractivity contribution in [1.82, 2.24) is 4.90 Å². The van der Waals surface area contributed by atoms with E-state index < -0.39 is 18.9 Å². The summed E-state index contributed by atoms with van der Waals surface area (Å²) in [5, 5.41) is 8.77. The highest BCUT2D eigenvalue weighted by atomic mass is 19.3. The first-order valence-corrected chi connectivity index (χ1v) is 5.35. The first kappa shape index (κ1) is 14.6. The maximum absolute atomic E-state index is 12.3. The monoisotopic (exact) mass is 263 g/mol. The highest BCUT2D eigenvalue weighted by Gasteiger charge is 2.16. The van der Waals surface area contributed by atoms with Crippen molar-refractivity contribution in [2.75, 3.05) is 26.8 Å². The Labute approximate surface area is 103 Å². The third-order valence-corrected chi connectivity index (χ3v) is 2.24. The van der Waals surface area contributed by atoms with Gasteiger partial charge in [0.25, 0.3) is 6.43 Å². The maximum Gasteiger partial charge on any atom is 0.373 e. The van der Waals surface area contributed by atoms with Crippen LogP contribution in [-0.4, -0.2) is 49.2 Å². The third kappa shape index (κ3) is 4.42. The Morgan fingerprint density at radius 3 is 2.83 bits per heavy atom. The van der Waals surface area contributed by atoms with Crippen LogP contribution in [0.15, 0.2) is 16.5 Å². The van der Waals surface area contributed by atoms with Crippen molar-refractivity contribution in [1.29, 1.82) is 0 Å². The Bertz CT molecular complexity index is 381. The number of furan rings is 1. The van der Waals surface area contributed by atoms with Crippen LogP contribution in [0.4, 0.5) is 8.78 Å². The highest BCUT2D eigenvalue weighted by Crippen LogP contribution is 2.12. The molecule has 0 fully saturated rings. The second-order valence-corrected chi connectivity index (χ2v) is 3.61. The van der Waals surface area contributed by atoms with Gasteiger partial charge in [0.1, 0.15) is 5.76 Å². The van der Waals surface area contributed by atoms with Crippen molar-refractivity contribution < 1.29 is 27.8 Å². The van der Waals surface area contributed by atoms with E-state index in [1.807, 2.05) is 0 Å². The highest BCUT2D eigenvalue weighted by molar-refractivity contribution is 5.86. The number of ether oxygens (including phenoxy) is 1. The van der Waals surface area contributed by atoms with Crippen LogP contribution >= 0.6 is 0 Å². The topological polar surface area (TPSA) is 62.9 Å². The summed E-state index contributed by atoms with van der Waals surface area (Å²) >= 11 is 0. The Hall–Kier alpha value is -1.47. The number of nitrogens with zero attached hydrogens (tertiary/aromatic N) is 1. The fraction of sp³-hybridized carbons (Fsp3) is 0.545. The van der Waals surface area contributed by atoms with E-state index in [1.165, 1.54) is 24.1 Å². The molecule has 0 atom stereocenters. The van der Waals surface area contributed by atoms with Gasteiger partial charge >= 0.3 is 5.97 Å². The number of halogens is 2. The van der Waals surface area contributed by atoms with Crippen LogP contribution in [0.1, 0.15) is 16.3 Å². The summed E-state index contributed by atoms with van der Waals surface area (Å²) in [6.07, 6.45) is -2.49. The van der Waals surface area contributed by atoms with E-state index in [4.69, 9.17) is 9.52 Å². The number of alkyl halides is 2. The van der Waals surface area contributed by atoms with E-state index in [0.717, 1.165) is 0 Å². The minimum Gasteiger partial charge on any atom is -0.463 e. The zero-order chi connectivity index (χ0) is 13.5. The fourth-order valence-corrected chi connectivity index (χ4v) is 1.47. The molecular weight excluding hydrogens is 248 g/mol. The van der Waals surface area contributed by atoms with Gasteiger partial charge < -0.3 is 14.3 Å². The molecule has 1 aromatic heterocycles. The van der Waals surface area contributed by atoms with Crippen molar-refractivity contribution in [3.63, 3.8) is 0 Å². The predicted molar refractivity (Wildman–Crippen MR) is 58.4 cm³/mol. The van der Waals surface area contributed by atoms with Crippen LogP contribution in [0.3, 0.4) is 0 Å². The molecule has 18 heavy (non-hydrogen) atoms. The molecule has 1 heterocycles. The number of aliphatic hydroxyl groups is 1. The second kappa shape index (κ2) is 7.07. The van der Waals surface area contributed by atoms with Crippen molar-refractivity contribution in [2.45, 2.75) is 13.0 Å². The summed E-state index contributed by atoms with van der Waals surface area (Å²) in [6.45, 7) is -0.480. The number of carbonyl (C=O) groups is 1. The lowest BCUT2D eigenvalue weighted by Crippen LogP contribution is -2.31. The first-order chi connectivity index (χ1) is 8.56. The molecule has 0 amide bonds. The van der Waals surface area contributed by atoms with E-state index in [2.05, 4.69) is 4.74 Å². The van der Waals surface area contributed by atoms with Crippen LogP contribution in [0, 0.1) is 0 Å². The lowest BCUT2D eigenvalue weighted by molar-refractivity contribution is 0.0548. The molecule has 0 aliphatic carbocycles. The lowest BCUT2D eigenvalue weighted by atomic mass is 10.3. The van der Waals surface area contributed by atoms with Gasteiger partial charge in [0.15, 0.2) is 0 Å². The molecule has 1 rings (SSSR count). The molecule has 0 unspecified atom stereocenters. The van der Waals surface area contributed by atoms with E-state index in [0.29, 0.717) is 5.76 Å². The Morgan fingerprint density at radius 1 is 1.56 bits per heavy atom. The van der Waals surface area contributed by atoms with Gasteiger partial charge in [-0.1, -0.05) is 0 Å². The standard InChI is InChI=1S/C11H15F2NO4/c1-17-11(16)9-3-2-8(18-9)6-14(4-5-15)7-10(12)13/h2-3,10,15H,4-7H2,1H3. The van der Waals surface area contributed by atoms with Crippen molar-refractivity contribution in [3.8, 4) is 0 Å². The third-order valence-electron chi connectivity index (χ3n) is 2.24. The largest absolute Gasteiger partial charge is 0.463 e. The quantitative estimate of drug-likeness (QED) is 0.747. The molecule has 0 spiro atoms. The van der Waals surface area contributed by atoms with Crippen LogP contribution in [-0.2, 0) is 11.3 Å². The summed E-state index contributed by atoms with van der Waals surface area (Å²) in [7, 11) is 1.22. The molecule has 5 nitrogen and oxygen atoms in total. The minimum absolute atomic E-state index is 0.0218. The van der Waals surface area contributed by atoms with Crippen LogP contribution in [0.5, 0.6) is 0 Å². The molecule has 7 heteroatoms. The van der Waals surface area contributed by atoms with E-state index in [1.54, 1.807) is 0 Å². The summed E-state index contributed by atoms with van der Waals surface area (Å²) in [4.78, 5) is 12.5. The zero-order valence-electron chi connectivity index (χ0n) is 9.94. The second-order valence-electron chi connectivity index (χ2n) is 3.61. The molecule has 0 aliphatic heterocycles. The molecule has 0 saturated heterocycles. The Balaban J connectivity index is 2.63. The van der Waals surface area contributed by atoms with E-state index in [-0.39, 0.29) is 25.5 Å². The molecule has 0 aliphatic rings. The Morgan fingerprint density at radius 2 is 2.28 bits per heavy atom. The molecular formula is C11H15F2NO4. The van der Waals surface area contributed by atoms with Gasteiger partial charge in [-0.2, -0.15) is 0 Å². The molecule has 102 valence electrons. The van der Waals surface area contributed by atoms with Crippen LogP contribution < -0.4 is 0 Å². The normalized spacial score (nSPS) is 11.2. The summed E-state index contributed by atoms with van der Waals surface area (Å²) in [5.41, 5.74) is 0. The number of esters is 1. The first-order valence-electron chi connectivity index (χ1n) is 5.35. The summed E-state index contributed by atoms with van der Waals surface area (Å²) < 4.78 is 34.2. The number of hydrogen-bond acceptors (Lipinski definition) is 5. The number of methoxy groups -OCH3 is 1. The van der Waals surface area contributed by atoms with Crippen LogP contribution in [0.2, 0.25) is 0 Å². The molecule has 0 aromatic carbocycles. The average molecular weight is 263 g/mol. The minimum atomic E-state index is -2.49. The number of rotatable bonds is 7. The molecule has 0 radical (unpaired) electrons. The summed E-state index contributed by atoms with van der Waals surface area (Å²) in [6, 6.07) is 2.93. The van der Waals surface area contributed by atoms with Gasteiger partial charge in [0.2, 0.25) is 5.76 Å². The Kier molecular flexibility index (Phi) is 5.73. The molecule has 0 saturated carbocycles. The predicted octanol–water partition coefficient (Wildman–Crippen LogP) is 1.13. The SMILES string of the molecule is COC(=O)c1ccc(CN(CCO)CC(F)F)o1. The number of carbonyl (C=O) groups excluding carboxylic acids is 1.